The Morgan fingerprint density at radius 2 is 2.19 bits per heavy atom. The van der Waals surface area contributed by atoms with Gasteiger partial charge in [-0.3, -0.25) is 10.2 Å². The van der Waals surface area contributed by atoms with E-state index in [4.69, 9.17) is 15.3 Å². The van der Waals surface area contributed by atoms with E-state index in [1.54, 1.807) is 7.11 Å². The molecule has 0 aliphatic heterocycles. The Kier molecular flexibility index (Phi) is 5.67. The Morgan fingerprint density at radius 3 is 2.90 bits per heavy atom. The van der Waals surface area contributed by atoms with Crippen LogP contribution in [0.25, 0.3) is 0 Å². The lowest BCUT2D eigenvalue weighted by Gasteiger charge is -2.28. The summed E-state index contributed by atoms with van der Waals surface area (Å²) in [4.78, 5) is 11.4. The number of nitrogens with one attached hydrogen (secondary N) is 1. The first-order valence-electron chi connectivity index (χ1n) is 7.07. The zero-order valence-electron chi connectivity index (χ0n) is 12.1. The summed E-state index contributed by atoms with van der Waals surface area (Å²) < 4.78 is 24.9. The van der Waals surface area contributed by atoms with Gasteiger partial charge in [0.15, 0.2) is 0 Å². The van der Waals surface area contributed by atoms with Crippen LogP contribution < -0.4 is 11.3 Å². The van der Waals surface area contributed by atoms with Gasteiger partial charge in [-0.1, -0.05) is 0 Å². The van der Waals surface area contributed by atoms with Gasteiger partial charge in [0, 0.05) is 18.2 Å². The topological polar surface area (TPSA) is 73.6 Å². The predicted octanol–water partition coefficient (Wildman–Crippen LogP) is 1.90. The van der Waals surface area contributed by atoms with E-state index in [1.165, 1.54) is 18.2 Å². The van der Waals surface area contributed by atoms with Crippen LogP contribution in [0.4, 0.5) is 4.39 Å². The number of benzene rings is 1. The van der Waals surface area contributed by atoms with Crippen LogP contribution in [0.2, 0.25) is 0 Å². The highest BCUT2D eigenvalue weighted by molar-refractivity contribution is 5.93. The van der Waals surface area contributed by atoms with Crippen molar-refractivity contribution in [3.63, 3.8) is 0 Å². The normalized spacial score (nSPS) is 22.0. The number of methoxy groups -OCH3 is 1. The van der Waals surface area contributed by atoms with Crippen molar-refractivity contribution in [2.24, 2.45) is 5.84 Å². The highest BCUT2D eigenvalue weighted by Crippen LogP contribution is 2.24. The minimum Gasteiger partial charge on any atom is -0.381 e. The number of nitrogen functional groups attached to an aromatic ring is 1. The molecule has 0 bridgehead atoms. The smallest absolute Gasteiger partial charge is 0.265 e. The zero-order valence-corrected chi connectivity index (χ0v) is 12.1. The molecule has 0 saturated heterocycles. The fourth-order valence-corrected chi connectivity index (χ4v) is 2.59. The third kappa shape index (κ3) is 4.23. The lowest BCUT2D eigenvalue weighted by molar-refractivity contribution is -0.0369. The minimum absolute atomic E-state index is 0.0649. The molecular weight excluding hydrogens is 275 g/mol. The molecule has 1 amide bonds. The van der Waals surface area contributed by atoms with Crippen molar-refractivity contribution in [3.05, 3.63) is 35.1 Å². The third-order valence-electron chi connectivity index (χ3n) is 3.82. The van der Waals surface area contributed by atoms with E-state index in [2.05, 4.69) is 0 Å². The summed E-state index contributed by atoms with van der Waals surface area (Å²) in [6.45, 7) is 0.138. The molecule has 6 heteroatoms. The van der Waals surface area contributed by atoms with E-state index in [-0.39, 0.29) is 24.6 Å². The zero-order chi connectivity index (χ0) is 15.2. The number of hydrogen-bond donors (Lipinski definition) is 2. The predicted molar refractivity (Wildman–Crippen MR) is 75.9 cm³/mol. The molecule has 1 saturated carbocycles. The van der Waals surface area contributed by atoms with Crippen LogP contribution in [-0.4, -0.2) is 25.2 Å². The molecule has 2 rings (SSSR count). The molecule has 0 heterocycles. The van der Waals surface area contributed by atoms with Crippen LogP contribution in [0, 0.1) is 5.82 Å². The summed E-state index contributed by atoms with van der Waals surface area (Å²) >= 11 is 0. The SMILES string of the molecule is COC1CCCC(OCc2cc(C(=O)NN)ccc2F)C1. The van der Waals surface area contributed by atoms with E-state index >= 15 is 0 Å². The molecule has 0 spiro atoms. The standard InChI is InChI=1S/C15H21FN2O3/c1-20-12-3-2-4-13(8-12)21-9-11-7-10(15(19)18-17)5-6-14(11)16/h5-7,12-13H,2-4,8-9,17H2,1H3,(H,18,19). The molecule has 2 unspecified atom stereocenters. The van der Waals surface area contributed by atoms with Gasteiger partial charge in [-0.05, 0) is 43.9 Å². The first-order chi connectivity index (χ1) is 10.1. The van der Waals surface area contributed by atoms with Crippen molar-refractivity contribution < 1.29 is 18.7 Å². The van der Waals surface area contributed by atoms with Crippen LogP contribution in [0.15, 0.2) is 18.2 Å². The Hall–Kier alpha value is -1.50. The summed E-state index contributed by atoms with van der Waals surface area (Å²) in [5.41, 5.74) is 2.70. The molecule has 3 N–H and O–H groups in total. The van der Waals surface area contributed by atoms with Gasteiger partial charge in [0.25, 0.3) is 5.91 Å². The molecule has 2 atom stereocenters. The van der Waals surface area contributed by atoms with Crippen molar-refractivity contribution in [1.29, 1.82) is 0 Å². The number of ether oxygens (including phenoxy) is 2. The van der Waals surface area contributed by atoms with Gasteiger partial charge in [0.2, 0.25) is 0 Å². The average Bonchev–Trinajstić information content (AvgIpc) is 2.53. The number of hydrogen-bond acceptors (Lipinski definition) is 4. The van der Waals surface area contributed by atoms with Crippen molar-refractivity contribution in [3.8, 4) is 0 Å². The number of nitrogens with two attached hydrogens (primary N) is 1. The average molecular weight is 296 g/mol. The number of amides is 1. The molecule has 0 radical (unpaired) electrons. The molecule has 1 aliphatic rings. The quantitative estimate of drug-likeness (QED) is 0.494. The fraction of sp³-hybridized carbons (Fsp3) is 0.533. The summed E-state index contributed by atoms with van der Waals surface area (Å²) in [7, 11) is 1.70. The monoisotopic (exact) mass is 296 g/mol. The minimum atomic E-state index is -0.451. The number of hydrazine groups is 1. The molecule has 5 nitrogen and oxygen atoms in total. The van der Waals surface area contributed by atoms with Crippen LogP contribution in [0.1, 0.15) is 41.6 Å². The van der Waals surface area contributed by atoms with Gasteiger partial charge in [-0.15, -0.1) is 0 Å². The second-order valence-electron chi connectivity index (χ2n) is 5.24. The molecule has 116 valence electrons. The van der Waals surface area contributed by atoms with Crippen molar-refractivity contribution >= 4 is 5.91 Å². The number of carbonyl (C=O) groups is 1. The van der Waals surface area contributed by atoms with Gasteiger partial charge in [0.05, 0.1) is 18.8 Å². The van der Waals surface area contributed by atoms with Gasteiger partial charge in [-0.2, -0.15) is 0 Å². The maximum Gasteiger partial charge on any atom is 0.265 e. The first kappa shape index (κ1) is 15.9. The maximum atomic E-state index is 13.8. The molecule has 0 aromatic heterocycles. The Labute approximate surface area is 123 Å². The van der Waals surface area contributed by atoms with Crippen LogP contribution >= 0.6 is 0 Å². The Morgan fingerprint density at radius 1 is 1.43 bits per heavy atom. The van der Waals surface area contributed by atoms with Crippen molar-refractivity contribution in [1.82, 2.24) is 5.43 Å². The van der Waals surface area contributed by atoms with E-state index in [0.29, 0.717) is 11.1 Å². The van der Waals surface area contributed by atoms with E-state index < -0.39 is 5.91 Å². The summed E-state index contributed by atoms with van der Waals surface area (Å²) in [5.74, 6) is 4.24. The first-order valence-corrected chi connectivity index (χ1v) is 7.07. The number of rotatable bonds is 5. The molecule has 21 heavy (non-hydrogen) atoms. The van der Waals surface area contributed by atoms with Crippen LogP contribution in [0.5, 0.6) is 0 Å². The number of carbonyl (C=O) groups excluding carboxylic acids is 1. The van der Waals surface area contributed by atoms with E-state index in [0.717, 1.165) is 25.7 Å². The van der Waals surface area contributed by atoms with Gasteiger partial charge >= 0.3 is 0 Å². The molecule has 1 aromatic rings. The Bertz CT molecular complexity index is 496. The summed E-state index contributed by atoms with van der Waals surface area (Å²) in [6.07, 6.45) is 4.13. The second-order valence-corrected chi connectivity index (χ2v) is 5.24. The van der Waals surface area contributed by atoms with E-state index in [1.807, 2.05) is 5.43 Å². The van der Waals surface area contributed by atoms with Crippen molar-refractivity contribution in [2.45, 2.75) is 44.5 Å². The third-order valence-corrected chi connectivity index (χ3v) is 3.82. The van der Waals surface area contributed by atoms with Gasteiger partial charge in [-0.25, -0.2) is 10.2 Å². The maximum absolute atomic E-state index is 13.8. The molecule has 1 aromatic carbocycles. The molecular formula is C15H21FN2O3. The van der Waals surface area contributed by atoms with Crippen LogP contribution in [0.3, 0.4) is 0 Å². The lowest BCUT2D eigenvalue weighted by Crippen LogP contribution is -2.30. The highest BCUT2D eigenvalue weighted by atomic mass is 19.1. The molecule has 1 fully saturated rings. The molecule has 1 aliphatic carbocycles. The number of halogens is 1. The van der Waals surface area contributed by atoms with Gasteiger partial charge in [0.1, 0.15) is 5.82 Å². The second kappa shape index (κ2) is 7.49. The fourth-order valence-electron chi connectivity index (χ4n) is 2.59. The largest absolute Gasteiger partial charge is 0.381 e. The summed E-state index contributed by atoms with van der Waals surface area (Å²) in [6, 6.07) is 4.11. The Balaban J connectivity index is 1.97. The van der Waals surface area contributed by atoms with Gasteiger partial charge < -0.3 is 9.47 Å². The van der Waals surface area contributed by atoms with Crippen molar-refractivity contribution in [2.75, 3.05) is 7.11 Å². The highest BCUT2D eigenvalue weighted by Gasteiger charge is 2.22. The van der Waals surface area contributed by atoms with E-state index in [9.17, 15) is 9.18 Å². The summed E-state index contributed by atoms with van der Waals surface area (Å²) in [5, 5.41) is 0. The lowest BCUT2D eigenvalue weighted by atomic mass is 9.95. The van der Waals surface area contributed by atoms with Crippen LogP contribution in [-0.2, 0) is 16.1 Å².